The first-order valence-electron chi connectivity index (χ1n) is 12.1. The van der Waals surface area contributed by atoms with Crippen LogP contribution >= 0.6 is 7.92 Å². The third-order valence-corrected chi connectivity index (χ3v) is 9.17. The van der Waals surface area contributed by atoms with Gasteiger partial charge in [0.05, 0.1) is 0 Å². The summed E-state index contributed by atoms with van der Waals surface area (Å²) in [6, 6.07) is 47.1. The summed E-state index contributed by atoms with van der Waals surface area (Å²) in [6.45, 7) is 4.39. The molecule has 6 aromatic carbocycles. The van der Waals surface area contributed by atoms with Crippen molar-refractivity contribution in [3.8, 4) is 11.1 Å². The summed E-state index contributed by atoms with van der Waals surface area (Å²) in [5, 5.41) is 9.36. The molecule has 0 atom stereocenters. The maximum Gasteiger partial charge on any atom is -0.00155 e. The molecule has 1 heteroatoms. The molecule has 0 N–H and O–H groups in total. The van der Waals surface area contributed by atoms with E-state index in [1.807, 2.05) is 0 Å². The Hall–Kier alpha value is -3.73. The van der Waals surface area contributed by atoms with Gasteiger partial charge in [0.15, 0.2) is 0 Å². The zero-order valence-corrected chi connectivity index (χ0v) is 21.0. The van der Waals surface area contributed by atoms with Crippen LogP contribution in [0.5, 0.6) is 0 Å². The average molecular weight is 467 g/mol. The van der Waals surface area contributed by atoms with E-state index in [9.17, 15) is 0 Å². The Labute approximate surface area is 208 Å². The van der Waals surface area contributed by atoms with Gasteiger partial charge in [0.1, 0.15) is 0 Å². The average Bonchev–Trinajstić information content (AvgIpc) is 2.89. The van der Waals surface area contributed by atoms with Crippen LogP contribution in [0.2, 0.25) is 0 Å². The maximum atomic E-state index is 2.38. The molecule has 0 saturated heterocycles. The molecule has 0 aliphatic rings. The van der Waals surface area contributed by atoms with Crippen LogP contribution in [0.25, 0.3) is 32.7 Å². The molecule has 0 saturated carbocycles. The quantitative estimate of drug-likeness (QED) is 0.231. The molecule has 0 spiro atoms. The Balaban J connectivity index is 1.74. The van der Waals surface area contributed by atoms with E-state index in [-0.39, 0.29) is 0 Å². The summed E-state index contributed by atoms with van der Waals surface area (Å²) >= 11 is 0. The highest BCUT2D eigenvalue weighted by atomic mass is 31.1. The van der Waals surface area contributed by atoms with Crippen molar-refractivity contribution < 1.29 is 0 Å². The van der Waals surface area contributed by atoms with Crippen LogP contribution in [-0.4, -0.2) is 0 Å². The van der Waals surface area contributed by atoms with Crippen molar-refractivity contribution in [1.29, 1.82) is 0 Å². The minimum Gasteiger partial charge on any atom is -0.0616 e. The first kappa shape index (κ1) is 21.8. The van der Waals surface area contributed by atoms with Gasteiger partial charge in [-0.3, -0.25) is 0 Å². The second-order valence-electron chi connectivity index (χ2n) is 9.22. The monoisotopic (exact) mass is 466 g/mol. The smallest absolute Gasteiger partial charge is 0.00155 e. The van der Waals surface area contributed by atoms with Crippen molar-refractivity contribution in [2.75, 3.05) is 0 Å². The molecule has 35 heavy (non-hydrogen) atoms. The van der Waals surface area contributed by atoms with Gasteiger partial charge in [-0.15, -0.1) is 0 Å². The molecular formula is C34H27P. The molecule has 0 radical (unpaired) electrons. The van der Waals surface area contributed by atoms with Gasteiger partial charge in [-0.1, -0.05) is 139 Å². The fourth-order valence-corrected chi connectivity index (χ4v) is 7.81. The molecule has 0 heterocycles. The van der Waals surface area contributed by atoms with Gasteiger partial charge < -0.3 is 0 Å². The van der Waals surface area contributed by atoms with E-state index in [0.717, 1.165) is 0 Å². The Morgan fingerprint density at radius 1 is 0.457 bits per heavy atom. The lowest BCUT2D eigenvalue weighted by Crippen LogP contribution is -2.23. The van der Waals surface area contributed by atoms with Crippen LogP contribution in [-0.2, 0) is 0 Å². The van der Waals surface area contributed by atoms with Gasteiger partial charge in [-0.05, 0) is 70.4 Å². The minimum absolute atomic E-state index is 0.751. The second-order valence-corrected chi connectivity index (χ2v) is 11.4. The largest absolute Gasteiger partial charge is 0.0616 e. The van der Waals surface area contributed by atoms with Crippen molar-refractivity contribution in [3.05, 3.63) is 139 Å². The lowest BCUT2D eigenvalue weighted by molar-refractivity contribution is 1.49. The molecule has 0 aliphatic heterocycles. The molecule has 0 unspecified atom stereocenters. The van der Waals surface area contributed by atoms with Crippen LogP contribution in [0.4, 0.5) is 0 Å². The maximum absolute atomic E-state index is 2.38. The molecule has 0 fully saturated rings. The highest BCUT2D eigenvalue weighted by Gasteiger charge is 2.23. The number of fused-ring (bicyclic) bond motifs is 2. The van der Waals surface area contributed by atoms with E-state index in [2.05, 4.69) is 141 Å². The Bertz CT molecular complexity index is 1630. The second kappa shape index (κ2) is 9.14. The molecule has 168 valence electrons. The molecule has 0 bridgehead atoms. The van der Waals surface area contributed by atoms with Crippen LogP contribution in [0.1, 0.15) is 11.1 Å². The first-order chi connectivity index (χ1) is 17.2. The standard InChI is InChI=1S/C34H27P/c1-24-10-7-15-28(22-24)35(29-16-8-11-25(2)23-29)33-21-20-27-13-4-6-18-31(27)34(33)32-19-9-14-26-12-3-5-17-30(26)32/h3-23H,1-2H3. The summed E-state index contributed by atoms with van der Waals surface area (Å²) in [6.07, 6.45) is 0. The summed E-state index contributed by atoms with van der Waals surface area (Å²) in [5.41, 5.74) is 5.27. The number of rotatable bonds is 4. The Morgan fingerprint density at radius 3 is 1.66 bits per heavy atom. The van der Waals surface area contributed by atoms with Crippen LogP contribution in [0.3, 0.4) is 0 Å². The van der Waals surface area contributed by atoms with E-state index in [1.54, 1.807) is 0 Å². The molecule has 0 amide bonds. The number of hydrogen-bond donors (Lipinski definition) is 0. The SMILES string of the molecule is Cc1cccc(P(c2cccc(C)c2)c2ccc3ccccc3c2-c2cccc3ccccc23)c1. The van der Waals surface area contributed by atoms with Crippen LogP contribution < -0.4 is 15.9 Å². The van der Waals surface area contributed by atoms with Gasteiger partial charge in [0.25, 0.3) is 0 Å². The Kier molecular flexibility index (Phi) is 5.69. The van der Waals surface area contributed by atoms with Gasteiger partial charge in [0.2, 0.25) is 0 Å². The normalized spacial score (nSPS) is 11.4. The lowest BCUT2D eigenvalue weighted by Gasteiger charge is -2.25. The minimum atomic E-state index is -0.751. The number of aryl methyl sites for hydroxylation is 2. The van der Waals surface area contributed by atoms with Crippen molar-refractivity contribution >= 4 is 45.4 Å². The topological polar surface area (TPSA) is 0 Å². The van der Waals surface area contributed by atoms with E-state index in [4.69, 9.17) is 0 Å². The summed E-state index contributed by atoms with van der Waals surface area (Å²) in [4.78, 5) is 0. The summed E-state index contributed by atoms with van der Waals surface area (Å²) in [7, 11) is -0.751. The molecule has 6 rings (SSSR count). The first-order valence-corrected chi connectivity index (χ1v) is 13.5. The highest BCUT2D eigenvalue weighted by Crippen LogP contribution is 2.42. The van der Waals surface area contributed by atoms with Crippen molar-refractivity contribution in [2.24, 2.45) is 0 Å². The zero-order chi connectivity index (χ0) is 23.8. The van der Waals surface area contributed by atoms with Crippen molar-refractivity contribution in [1.82, 2.24) is 0 Å². The van der Waals surface area contributed by atoms with Gasteiger partial charge >= 0.3 is 0 Å². The van der Waals surface area contributed by atoms with Gasteiger partial charge in [-0.25, -0.2) is 0 Å². The molecule has 0 aliphatic carbocycles. The predicted octanol–water partition coefficient (Wildman–Crippen LogP) is 8.04. The van der Waals surface area contributed by atoms with Crippen molar-refractivity contribution in [3.63, 3.8) is 0 Å². The zero-order valence-electron chi connectivity index (χ0n) is 20.1. The molecule has 0 nitrogen and oxygen atoms in total. The predicted molar refractivity (Wildman–Crippen MR) is 155 cm³/mol. The Morgan fingerprint density at radius 2 is 1.00 bits per heavy atom. The summed E-state index contributed by atoms with van der Waals surface area (Å²) in [5.74, 6) is 0. The van der Waals surface area contributed by atoms with Gasteiger partial charge in [0, 0.05) is 0 Å². The van der Waals surface area contributed by atoms with E-state index in [0.29, 0.717) is 0 Å². The lowest BCUT2D eigenvalue weighted by atomic mass is 9.94. The number of benzene rings is 6. The third kappa shape index (κ3) is 4.05. The van der Waals surface area contributed by atoms with Crippen LogP contribution in [0, 0.1) is 13.8 Å². The fourth-order valence-electron chi connectivity index (χ4n) is 5.13. The number of hydrogen-bond acceptors (Lipinski definition) is 0. The molecular weight excluding hydrogens is 439 g/mol. The molecule has 0 aromatic heterocycles. The fraction of sp³-hybridized carbons (Fsp3) is 0.0588. The summed E-state index contributed by atoms with van der Waals surface area (Å²) < 4.78 is 0. The van der Waals surface area contributed by atoms with Gasteiger partial charge in [-0.2, -0.15) is 0 Å². The van der Waals surface area contributed by atoms with E-state index in [1.165, 1.54) is 59.7 Å². The molecule has 6 aromatic rings. The van der Waals surface area contributed by atoms with E-state index < -0.39 is 7.92 Å². The van der Waals surface area contributed by atoms with Crippen LogP contribution in [0.15, 0.2) is 127 Å². The highest BCUT2D eigenvalue weighted by molar-refractivity contribution is 7.80. The van der Waals surface area contributed by atoms with E-state index >= 15 is 0 Å². The third-order valence-electron chi connectivity index (χ3n) is 6.73. The van der Waals surface area contributed by atoms with Crippen molar-refractivity contribution in [2.45, 2.75) is 13.8 Å².